The van der Waals surface area contributed by atoms with Crippen LogP contribution in [0.15, 0.2) is 41.5 Å². The Bertz CT molecular complexity index is 564. The van der Waals surface area contributed by atoms with Crippen LogP contribution in [-0.2, 0) is 0 Å². The van der Waals surface area contributed by atoms with E-state index in [0.717, 1.165) is 18.7 Å². The van der Waals surface area contributed by atoms with Crippen molar-refractivity contribution >= 4 is 0 Å². The summed E-state index contributed by atoms with van der Waals surface area (Å²) < 4.78 is 1.66. The highest BCUT2D eigenvalue weighted by Gasteiger charge is 2.19. The zero-order chi connectivity index (χ0) is 11.7. The number of hydrogen-bond donors (Lipinski definition) is 2. The Morgan fingerprint density at radius 1 is 1.29 bits per heavy atom. The van der Waals surface area contributed by atoms with E-state index in [9.17, 15) is 4.79 Å². The van der Waals surface area contributed by atoms with Crippen molar-refractivity contribution in [3.63, 3.8) is 0 Å². The van der Waals surface area contributed by atoms with E-state index in [1.807, 2.05) is 18.2 Å². The molecule has 0 amide bonds. The number of aromatic nitrogens is 2. The number of nitrogens with zero attached hydrogens (tertiary/aromatic N) is 1. The summed E-state index contributed by atoms with van der Waals surface area (Å²) in [6.45, 7) is 1.06. The van der Waals surface area contributed by atoms with Crippen LogP contribution in [0.2, 0.25) is 0 Å². The third-order valence-corrected chi connectivity index (χ3v) is 3.28. The summed E-state index contributed by atoms with van der Waals surface area (Å²) in [6.07, 6.45) is 5.77. The van der Waals surface area contributed by atoms with Gasteiger partial charge in [0.15, 0.2) is 0 Å². The van der Waals surface area contributed by atoms with Gasteiger partial charge in [-0.15, -0.1) is 0 Å². The van der Waals surface area contributed by atoms with Crippen molar-refractivity contribution in [1.29, 1.82) is 0 Å². The fourth-order valence-electron chi connectivity index (χ4n) is 2.46. The van der Waals surface area contributed by atoms with Crippen LogP contribution in [0.3, 0.4) is 0 Å². The van der Waals surface area contributed by atoms with Crippen LogP contribution in [0.25, 0.3) is 5.69 Å². The molecular formula is C13H15N3O. The Hall–Kier alpha value is -1.81. The quantitative estimate of drug-likeness (QED) is 0.821. The number of rotatable bonds is 2. The normalized spacial score (nSPS) is 19.6. The van der Waals surface area contributed by atoms with Crippen molar-refractivity contribution in [1.82, 2.24) is 14.9 Å². The van der Waals surface area contributed by atoms with E-state index >= 15 is 0 Å². The van der Waals surface area contributed by atoms with E-state index in [1.165, 1.54) is 12.0 Å². The van der Waals surface area contributed by atoms with E-state index in [2.05, 4.69) is 16.4 Å². The number of aromatic amines is 1. The molecule has 2 heterocycles. The van der Waals surface area contributed by atoms with Gasteiger partial charge >= 0.3 is 5.69 Å². The molecule has 1 aliphatic heterocycles. The van der Waals surface area contributed by atoms with Gasteiger partial charge in [-0.1, -0.05) is 18.2 Å². The Morgan fingerprint density at radius 2 is 2.18 bits per heavy atom. The second kappa shape index (κ2) is 4.22. The molecule has 1 aromatic heterocycles. The lowest BCUT2D eigenvalue weighted by molar-refractivity contribution is 0.642. The number of H-pyrrole nitrogens is 1. The smallest absolute Gasteiger partial charge is 0.312 e. The molecule has 3 rings (SSSR count). The Morgan fingerprint density at radius 3 is 2.88 bits per heavy atom. The number of imidazole rings is 1. The summed E-state index contributed by atoms with van der Waals surface area (Å²) in [5.74, 6) is 0. The minimum atomic E-state index is -0.0875. The molecule has 2 aromatic rings. The molecule has 1 aliphatic rings. The molecule has 0 radical (unpaired) electrons. The molecule has 4 nitrogen and oxygen atoms in total. The molecule has 0 spiro atoms. The highest BCUT2D eigenvalue weighted by molar-refractivity contribution is 5.43. The second-order valence-corrected chi connectivity index (χ2v) is 4.34. The molecule has 1 aromatic carbocycles. The van der Waals surface area contributed by atoms with Crippen LogP contribution in [0.1, 0.15) is 24.4 Å². The van der Waals surface area contributed by atoms with E-state index < -0.39 is 0 Å². The molecule has 88 valence electrons. The molecule has 1 unspecified atom stereocenters. The first kappa shape index (κ1) is 10.4. The van der Waals surface area contributed by atoms with E-state index in [1.54, 1.807) is 17.0 Å². The van der Waals surface area contributed by atoms with Crippen molar-refractivity contribution in [2.45, 2.75) is 18.9 Å². The van der Waals surface area contributed by atoms with Crippen LogP contribution < -0.4 is 11.0 Å². The molecule has 1 atom stereocenters. The minimum absolute atomic E-state index is 0.0875. The lowest BCUT2D eigenvalue weighted by Gasteiger charge is -2.15. The summed E-state index contributed by atoms with van der Waals surface area (Å²) in [5.41, 5.74) is 2.08. The summed E-state index contributed by atoms with van der Waals surface area (Å²) in [6, 6.07) is 8.44. The first-order valence-corrected chi connectivity index (χ1v) is 5.95. The van der Waals surface area contributed by atoms with Gasteiger partial charge in [0.25, 0.3) is 0 Å². The van der Waals surface area contributed by atoms with Gasteiger partial charge in [-0.2, -0.15) is 0 Å². The van der Waals surface area contributed by atoms with Gasteiger partial charge in [0.1, 0.15) is 0 Å². The average Bonchev–Trinajstić information content (AvgIpc) is 3.00. The van der Waals surface area contributed by atoms with E-state index in [0.29, 0.717) is 6.04 Å². The maximum atomic E-state index is 11.7. The lowest BCUT2D eigenvalue weighted by Crippen LogP contribution is -2.19. The number of benzene rings is 1. The van der Waals surface area contributed by atoms with Crippen LogP contribution in [0.4, 0.5) is 0 Å². The first-order chi connectivity index (χ1) is 8.36. The SMILES string of the molecule is O=c1[nH]ccn1-c1ccccc1C1CCCN1. The fraction of sp³-hybridized carbons (Fsp3) is 0.308. The van der Waals surface area contributed by atoms with Gasteiger partial charge in [-0.3, -0.25) is 4.57 Å². The van der Waals surface area contributed by atoms with Gasteiger partial charge in [-0.05, 0) is 31.0 Å². The van der Waals surface area contributed by atoms with Gasteiger partial charge in [-0.25, -0.2) is 4.79 Å². The van der Waals surface area contributed by atoms with Gasteiger partial charge in [0.2, 0.25) is 0 Å². The molecule has 0 bridgehead atoms. The van der Waals surface area contributed by atoms with Crippen molar-refractivity contribution in [2.75, 3.05) is 6.54 Å². The van der Waals surface area contributed by atoms with Gasteiger partial charge in [0, 0.05) is 18.4 Å². The van der Waals surface area contributed by atoms with Gasteiger partial charge in [0.05, 0.1) is 5.69 Å². The topological polar surface area (TPSA) is 49.8 Å². The van der Waals surface area contributed by atoms with Crippen molar-refractivity contribution < 1.29 is 0 Å². The minimum Gasteiger partial charge on any atom is -0.312 e. The first-order valence-electron chi connectivity index (χ1n) is 5.95. The monoisotopic (exact) mass is 229 g/mol. The molecular weight excluding hydrogens is 214 g/mol. The predicted octanol–water partition coefficient (Wildman–Crippen LogP) is 1.59. The number of hydrogen-bond acceptors (Lipinski definition) is 2. The number of para-hydroxylation sites is 1. The standard InChI is InChI=1S/C13H15N3O/c17-13-15-8-9-16(13)12-6-2-1-4-10(12)11-5-3-7-14-11/h1-2,4,6,8-9,11,14H,3,5,7H2,(H,15,17). The third-order valence-electron chi connectivity index (χ3n) is 3.28. The van der Waals surface area contributed by atoms with Crippen LogP contribution in [-0.4, -0.2) is 16.1 Å². The van der Waals surface area contributed by atoms with E-state index in [-0.39, 0.29) is 5.69 Å². The maximum Gasteiger partial charge on any atom is 0.330 e. The highest BCUT2D eigenvalue weighted by Crippen LogP contribution is 2.27. The molecule has 2 N–H and O–H groups in total. The van der Waals surface area contributed by atoms with Crippen LogP contribution in [0, 0.1) is 0 Å². The lowest BCUT2D eigenvalue weighted by atomic mass is 10.0. The van der Waals surface area contributed by atoms with Crippen molar-refractivity contribution in [2.24, 2.45) is 0 Å². The zero-order valence-corrected chi connectivity index (χ0v) is 9.52. The number of nitrogens with one attached hydrogen (secondary N) is 2. The van der Waals surface area contributed by atoms with Crippen molar-refractivity contribution in [3.8, 4) is 5.69 Å². The second-order valence-electron chi connectivity index (χ2n) is 4.34. The van der Waals surface area contributed by atoms with Gasteiger partial charge < -0.3 is 10.3 Å². The summed E-state index contributed by atoms with van der Waals surface area (Å²) >= 11 is 0. The molecule has 0 saturated carbocycles. The Labute approximate surface area is 99.3 Å². The molecule has 0 aliphatic carbocycles. The highest BCUT2D eigenvalue weighted by atomic mass is 16.1. The zero-order valence-electron chi connectivity index (χ0n) is 9.52. The fourth-order valence-corrected chi connectivity index (χ4v) is 2.46. The average molecular weight is 229 g/mol. The summed E-state index contributed by atoms with van der Waals surface area (Å²) in [4.78, 5) is 14.3. The maximum absolute atomic E-state index is 11.7. The molecule has 17 heavy (non-hydrogen) atoms. The largest absolute Gasteiger partial charge is 0.330 e. The molecule has 4 heteroatoms. The Kier molecular flexibility index (Phi) is 2.57. The predicted molar refractivity (Wildman–Crippen MR) is 66.4 cm³/mol. The van der Waals surface area contributed by atoms with Crippen LogP contribution in [0.5, 0.6) is 0 Å². The molecule has 1 saturated heterocycles. The van der Waals surface area contributed by atoms with Crippen LogP contribution >= 0.6 is 0 Å². The third kappa shape index (κ3) is 1.80. The summed E-state index contributed by atoms with van der Waals surface area (Å²) in [5, 5.41) is 3.47. The van der Waals surface area contributed by atoms with E-state index in [4.69, 9.17) is 0 Å². The summed E-state index contributed by atoms with van der Waals surface area (Å²) in [7, 11) is 0. The van der Waals surface area contributed by atoms with Crippen molar-refractivity contribution in [3.05, 3.63) is 52.7 Å². The Balaban J connectivity index is 2.10. The molecule has 1 fully saturated rings.